The van der Waals surface area contributed by atoms with E-state index in [9.17, 15) is 9.59 Å². The number of carbonyl (C=O) groups is 2. The first-order valence-electron chi connectivity index (χ1n) is 10.0. The molecule has 3 aromatic rings. The molecule has 0 aromatic heterocycles. The van der Waals surface area contributed by atoms with Gasteiger partial charge in [-0.1, -0.05) is 18.2 Å². The Morgan fingerprint density at radius 1 is 0.742 bits per heavy atom. The maximum absolute atomic E-state index is 12.1. The van der Waals surface area contributed by atoms with Crippen molar-refractivity contribution >= 4 is 23.3 Å². The average molecular weight is 419 g/mol. The summed E-state index contributed by atoms with van der Waals surface area (Å²) in [5.41, 5.74) is 1.34. The summed E-state index contributed by atoms with van der Waals surface area (Å²) in [6.45, 7) is 2.78. The van der Waals surface area contributed by atoms with Gasteiger partial charge >= 0.3 is 6.03 Å². The largest absolute Gasteiger partial charge is 0.494 e. The van der Waals surface area contributed by atoms with E-state index < -0.39 is 0 Å². The third-order valence-corrected chi connectivity index (χ3v) is 4.18. The number of amides is 3. The normalized spacial score (nSPS) is 10.1. The predicted octanol–water partition coefficient (Wildman–Crippen LogP) is 5.03. The molecule has 160 valence electrons. The van der Waals surface area contributed by atoms with Crippen LogP contribution in [0.4, 0.5) is 16.2 Å². The van der Waals surface area contributed by atoms with Gasteiger partial charge in [0.25, 0.3) is 0 Å². The number of hydrogen-bond acceptors (Lipinski definition) is 4. The summed E-state index contributed by atoms with van der Waals surface area (Å²) in [4.78, 5) is 23.9. The molecule has 0 atom stereocenters. The van der Waals surface area contributed by atoms with E-state index >= 15 is 0 Å². The van der Waals surface area contributed by atoms with Gasteiger partial charge in [0.2, 0.25) is 5.91 Å². The Balaban J connectivity index is 1.39. The van der Waals surface area contributed by atoms with Gasteiger partial charge in [0, 0.05) is 24.3 Å². The van der Waals surface area contributed by atoms with Gasteiger partial charge in [-0.25, -0.2) is 4.79 Å². The first-order valence-corrected chi connectivity index (χ1v) is 10.0. The fourth-order valence-corrected chi connectivity index (χ4v) is 2.72. The van der Waals surface area contributed by atoms with E-state index in [0.29, 0.717) is 29.5 Å². The molecule has 0 bridgehead atoms. The number of benzene rings is 3. The average Bonchev–Trinajstić information content (AvgIpc) is 2.77. The molecule has 0 saturated carbocycles. The number of rotatable bonds is 9. The smallest absolute Gasteiger partial charge is 0.319 e. The van der Waals surface area contributed by atoms with Crippen LogP contribution in [0.15, 0.2) is 78.9 Å². The van der Waals surface area contributed by atoms with Crippen LogP contribution in [0.1, 0.15) is 13.3 Å². The molecule has 0 spiro atoms. The second kappa shape index (κ2) is 11.3. The van der Waals surface area contributed by atoms with Crippen LogP contribution in [0.5, 0.6) is 17.2 Å². The van der Waals surface area contributed by atoms with E-state index in [1.807, 2.05) is 49.4 Å². The Hall–Kier alpha value is -4.00. The highest BCUT2D eigenvalue weighted by Crippen LogP contribution is 2.25. The zero-order chi connectivity index (χ0) is 21.9. The van der Waals surface area contributed by atoms with Gasteiger partial charge in [-0.2, -0.15) is 0 Å². The first-order chi connectivity index (χ1) is 15.1. The van der Waals surface area contributed by atoms with Gasteiger partial charge in [0.05, 0.1) is 6.61 Å². The molecule has 0 fully saturated rings. The molecule has 0 aliphatic rings. The molecule has 3 aromatic carbocycles. The lowest BCUT2D eigenvalue weighted by molar-refractivity contribution is -0.116. The van der Waals surface area contributed by atoms with E-state index in [-0.39, 0.29) is 24.9 Å². The Morgan fingerprint density at radius 3 is 1.97 bits per heavy atom. The van der Waals surface area contributed by atoms with Crippen LogP contribution in [0, 0.1) is 0 Å². The third-order valence-electron chi connectivity index (χ3n) is 4.18. The molecule has 7 nitrogen and oxygen atoms in total. The summed E-state index contributed by atoms with van der Waals surface area (Å²) in [6.07, 6.45) is 0.159. The number of urea groups is 1. The number of anilines is 2. The molecule has 3 N–H and O–H groups in total. The SMILES string of the molecule is CCOc1ccc(Oc2ccc(NC(=O)CCNC(=O)Nc3ccccc3)cc2)cc1. The molecule has 0 heterocycles. The molecule has 0 unspecified atom stereocenters. The van der Waals surface area contributed by atoms with Gasteiger partial charge in [-0.15, -0.1) is 0 Å². The Morgan fingerprint density at radius 2 is 1.32 bits per heavy atom. The lowest BCUT2D eigenvalue weighted by atomic mass is 10.2. The van der Waals surface area contributed by atoms with E-state index in [1.165, 1.54) is 0 Å². The standard InChI is InChI=1S/C24H25N3O4/c1-2-30-20-12-14-22(15-13-20)31-21-10-8-19(9-11-21)26-23(28)16-17-25-24(29)27-18-6-4-3-5-7-18/h3-15H,2,16-17H2,1H3,(H,26,28)(H2,25,27,29). The summed E-state index contributed by atoms with van der Waals surface area (Å²) in [6, 6.07) is 23.2. The van der Waals surface area contributed by atoms with Crippen LogP contribution in [-0.2, 0) is 4.79 Å². The van der Waals surface area contributed by atoms with Crippen LogP contribution in [0.3, 0.4) is 0 Å². The van der Waals surface area contributed by atoms with Crippen molar-refractivity contribution in [2.45, 2.75) is 13.3 Å². The minimum absolute atomic E-state index is 0.159. The highest BCUT2D eigenvalue weighted by Gasteiger charge is 2.06. The van der Waals surface area contributed by atoms with Crippen molar-refractivity contribution in [1.29, 1.82) is 0 Å². The van der Waals surface area contributed by atoms with Crippen LogP contribution in [0.25, 0.3) is 0 Å². The van der Waals surface area contributed by atoms with Crippen LogP contribution >= 0.6 is 0 Å². The maximum Gasteiger partial charge on any atom is 0.319 e. The van der Waals surface area contributed by atoms with Crippen LogP contribution in [0.2, 0.25) is 0 Å². The second-order valence-electron chi connectivity index (χ2n) is 6.58. The van der Waals surface area contributed by atoms with Gasteiger partial charge < -0.3 is 25.4 Å². The van der Waals surface area contributed by atoms with Crippen molar-refractivity contribution < 1.29 is 19.1 Å². The number of para-hydroxylation sites is 1. The topological polar surface area (TPSA) is 88.7 Å². The van der Waals surface area contributed by atoms with Gasteiger partial charge in [-0.3, -0.25) is 4.79 Å². The molecule has 0 aliphatic carbocycles. The summed E-state index contributed by atoms with van der Waals surface area (Å²) >= 11 is 0. The fourth-order valence-electron chi connectivity index (χ4n) is 2.72. The molecule has 3 rings (SSSR count). The predicted molar refractivity (Wildman–Crippen MR) is 121 cm³/mol. The number of nitrogens with one attached hydrogen (secondary N) is 3. The lowest BCUT2D eigenvalue weighted by Crippen LogP contribution is -2.31. The van der Waals surface area contributed by atoms with Crippen molar-refractivity contribution in [2.24, 2.45) is 0 Å². The first kappa shape index (κ1) is 21.7. The molecule has 0 radical (unpaired) electrons. The Kier molecular flexibility index (Phi) is 7.88. The Bertz CT molecular complexity index is 974. The molecule has 3 amide bonds. The van der Waals surface area contributed by atoms with E-state index in [2.05, 4.69) is 16.0 Å². The number of carbonyl (C=O) groups excluding carboxylic acids is 2. The molecule has 0 aliphatic heterocycles. The Labute approximate surface area is 181 Å². The molecule has 31 heavy (non-hydrogen) atoms. The van der Waals surface area contributed by atoms with Crippen molar-refractivity contribution in [1.82, 2.24) is 5.32 Å². The molecule has 0 saturated heterocycles. The highest BCUT2D eigenvalue weighted by molar-refractivity contribution is 5.92. The summed E-state index contributed by atoms with van der Waals surface area (Å²) in [7, 11) is 0. The minimum Gasteiger partial charge on any atom is -0.494 e. The van der Waals surface area contributed by atoms with Crippen molar-refractivity contribution in [3.8, 4) is 17.2 Å². The molecular weight excluding hydrogens is 394 g/mol. The highest BCUT2D eigenvalue weighted by atomic mass is 16.5. The van der Waals surface area contributed by atoms with Gasteiger partial charge in [0.1, 0.15) is 17.2 Å². The molecular formula is C24H25N3O4. The van der Waals surface area contributed by atoms with E-state index in [0.717, 1.165) is 5.75 Å². The van der Waals surface area contributed by atoms with Crippen molar-refractivity contribution in [3.05, 3.63) is 78.9 Å². The second-order valence-corrected chi connectivity index (χ2v) is 6.58. The lowest BCUT2D eigenvalue weighted by Gasteiger charge is -2.10. The summed E-state index contributed by atoms with van der Waals surface area (Å²) in [5.74, 6) is 1.95. The zero-order valence-electron chi connectivity index (χ0n) is 17.3. The third kappa shape index (κ3) is 7.40. The van der Waals surface area contributed by atoms with Crippen molar-refractivity contribution in [2.75, 3.05) is 23.8 Å². The van der Waals surface area contributed by atoms with Gasteiger partial charge in [-0.05, 0) is 67.6 Å². The minimum atomic E-state index is -0.352. The number of hydrogen-bond donors (Lipinski definition) is 3. The quantitative estimate of drug-likeness (QED) is 0.454. The van der Waals surface area contributed by atoms with Crippen molar-refractivity contribution in [3.63, 3.8) is 0 Å². The number of ether oxygens (including phenoxy) is 2. The summed E-state index contributed by atoms with van der Waals surface area (Å²) < 4.78 is 11.2. The van der Waals surface area contributed by atoms with Gasteiger partial charge in [0.15, 0.2) is 0 Å². The maximum atomic E-state index is 12.1. The zero-order valence-corrected chi connectivity index (χ0v) is 17.3. The van der Waals surface area contributed by atoms with E-state index in [1.54, 1.807) is 36.4 Å². The van der Waals surface area contributed by atoms with E-state index in [4.69, 9.17) is 9.47 Å². The molecule has 7 heteroatoms. The van der Waals surface area contributed by atoms with Crippen LogP contribution < -0.4 is 25.4 Å². The van der Waals surface area contributed by atoms with Crippen LogP contribution in [-0.4, -0.2) is 25.1 Å². The fraction of sp³-hybridized carbons (Fsp3) is 0.167. The monoisotopic (exact) mass is 419 g/mol. The summed E-state index contributed by atoms with van der Waals surface area (Å²) in [5, 5.41) is 8.15.